The zero-order chi connectivity index (χ0) is 25.8. The number of nitrogens with one attached hydrogen (secondary N) is 1. The van der Waals surface area contributed by atoms with Crippen molar-refractivity contribution in [2.45, 2.75) is 11.1 Å². The minimum Gasteiger partial charge on any atom is -0.465 e. The van der Waals surface area contributed by atoms with Crippen molar-refractivity contribution in [2.24, 2.45) is 0 Å². The van der Waals surface area contributed by atoms with Crippen molar-refractivity contribution in [1.29, 1.82) is 0 Å². The van der Waals surface area contributed by atoms with Gasteiger partial charge in [-0.1, -0.05) is 41.9 Å². The maximum atomic E-state index is 13.4. The first kappa shape index (κ1) is 26.0. The highest BCUT2D eigenvalue weighted by Crippen LogP contribution is 2.37. The fourth-order valence-electron chi connectivity index (χ4n) is 3.10. The van der Waals surface area contributed by atoms with Crippen LogP contribution in [0, 0.1) is 0 Å². The zero-order valence-corrected chi connectivity index (χ0v) is 19.6. The van der Waals surface area contributed by atoms with E-state index in [2.05, 4.69) is 10.1 Å². The number of hydrogen-bond donors (Lipinski definition) is 1. The van der Waals surface area contributed by atoms with E-state index in [0.29, 0.717) is 16.4 Å². The van der Waals surface area contributed by atoms with E-state index in [1.807, 2.05) is 0 Å². The normalized spacial score (nSPS) is 11.6. The van der Waals surface area contributed by atoms with Crippen LogP contribution in [0.25, 0.3) is 0 Å². The second kappa shape index (κ2) is 10.4. The third-order valence-corrected chi connectivity index (χ3v) is 6.86. The summed E-state index contributed by atoms with van der Waals surface area (Å²) in [7, 11) is -3.38. The first-order valence-corrected chi connectivity index (χ1v) is 11.7. The lowest BCUT2D eigenvalue weighted by Gasteiger charge is -2.26. The molecular weight excluding hydrogens is 509 g/mol. The van der Waals surface area contributed by atoms with Crippen LogP contribution in [0.5, 0.6) is 0 Å². The van der Waals surface area contributed by atoms with E-state index >= 15 is 0 Å². The van der Waals surface area contributed by atoms with Gasteiger partial charge in [-0.3, -0.25) is 9.10 Å². The average molecular weight is 527 g/mol. The Balaban J connectivity index is 2.06. The molecule has 0 aliphatic carbocycles. The van der Waals surface area contributed by atoms with Gasteiger partial charge < -0.3 is 10.1 Å². The van der Waals surface area contributed by atoms with E-state index in [1.54, 1.807) is 6.07 Å². The number of rotatable bonds is 7. The molecule has 12 heteroatoms. The topological polar surface area (TPSA) is 92.8 Å². The molecule has 1 amide bonds. The van der Waals surface area contributed by atoms with Crippen LogP contribution in [0.3, 0.4) is 0 Å². The monoisotopic (exact) mass is 526 g/mol. The number of benzene rings is 3. The van der Waals surface area contributed by atoms with Gasteiger partial charge in [0.2, 0.25) is 5.91 Å². The van der Waals surface area contributed by atoms with Crippen molar-refractivity contribution >= 4 is 44.9 Å². The lowest BCUT2D eigenvalue weighted by atomic mass is 10.1. The Kier molecular flexibility index (Phi) is 7.71. The highest BCUT2D eigenvalue weighted by atomic mass is 35.5. The molecule has 0 unspecified atom stereocenters. The van der Waals surface area contributed by atoms with Crippen LogP contribution in [0.1, 0.15) is 15.9 Å². The lowest BCUT2D eigenvalue weighted by molar-refractivity contribution is -0.137. The minimum atomic E-state index is -4.79. The van der Waals surface area contributed by atoms with Crippen LogP contribution < -0.4 is 9.62 Å². The smallest absolute Gasteiger partial charge is 0.416 e. The molecule has 1 N–H and O–H groups in total. The highest BCUT2D eigenvalue weighted by Gasteiger charge is 2.34. The zero-order valence-electron chi connectivity index (χ0n) is 18.0. The number of anilines is 2. The second-order valence-electron chi connectivity index (χ2n) is 7.07. The van der Waals surface area contributed by atoms with Crippen molar-refractivity contribution in [3.8, 4) is 0 Å². The number of esters is 1. The summed E-state index contributed by atoms with van der Waals surface area (Å²) in [5.41, 5.74) is -1.67. The molecule has 3 aromatic rings. The fourth-order valence-corrected chi connectivity index (χ4v) is 4.82. The van der Waals surface area contributed by atoms with Gasteiger partial charge in [-0.2, -0.15) is 13.2 Å². The van der Waals surface area contributed by atoms with Crippen LogP contribution in [-0.4, -0.2) is 33.9 Å². The molecule has 0 saturated heterocycles. The molecule has 0 spiro atoms. The minimum absolute atomic E-state index is 0.00193. The summed E-state index contributed by atoms with van der Waals surface area (Å²) in [5, 5.41) is 2.08. The lowest BCUT2D eigenvalue weighted by Crippen LogP contribution is -2.38. The quantitative estimate of drug-likeness (QED) is 0.438. The van der Waals surface area contributed by atoms with Crippen molar-refractivity contribution < 1.29 is 35.9 Å². The molecule has 3 rings (SSSR count). The Morgan fingerprint density at radius 2 is 1.63 bits per heavy atom. The van der Waals surface area contributed by atoms with E-state index in [9.17, 15) is 31.2 Å². The van der Waals surface area contributed by atoms with E-state index < -0.39 is 45.9 Å². The third-order valence-electron chi connectivity index (χ3n) is 4.77. The summed E-state index contributed by atoms with van der Waals surface area (Å²) in [6.07, 6.45) is -4.79. The number of sulfonamides is 1. The van der Waals surface area contributed by atoms with E-state index in [-0.39, 0.29) is 21.2 Å². The number of ether oxygens (including phenoxy) is 1. The molecule has 35 heavy (non-hydrogen) atoms. The number of carbonyl (C=O) groups is 2. The number of amides is 1. The standard InChI is InChI=1S/C23H18ClF3N2O5S/c1-34-22(31)17-9-5-6-10-19(17)28-21(30)14-29(35(32,33)16-7-3-2-4-8-16)20-13-15(23(25,26)27)11-12-18(20)24/h2-13H,14H2,1H3,(H,28,30). The maximum Gasteiger partial charge on any atom is 0.416 e. The SMILES string of the molecule is COC(=O)c1ccccc1NC(=O)CN(c1cc(C(F)(F)F)ccc1Cl)S(=O)(=O)c1ccccc1. The second-order valence-corrected chi connectivity index (χ2v) is 9.34. The molecule has 7 nitrogen and oxygen atoms in total. The van der Waals surface area contributed by atoms with Gasteiger partial charge in [0.05, 0.1) is 39.5 Å². The molecule has 0 aliphatic rings. The van der Waals surface area contributed by atoms with Gasteiger partial charge in [0.1, 0.15) is 6.54 Å². The highest BCUT2D eigenvalue weighted by molar-refractivity contribution is 7.92. The van der Waals surface area contributed by atoms with Crippen molar-refractivity contribution in [3.63, 3.8) is 0 Å². The fraction of sp³-hybridized carbons (Fsp3) is 0.130. The summed E-state index contributed by atoms with van der Waals surface area (Å²) in [5.74, 6) is -1.69. The molecule has 184 valence electrons. The maximum absolute atomic E-state index is 13.4. The molecule has 0 saturated carbocycles. The Morgan fingerprint density at radius 3 is 2.26 bits per heavy atom. The number of halogens is 4. The summed E-state index contributed by atoms with van der Waals surface area (Å²) in [6, 6.07) is 14.8. The van der Waals surface area contributed by atoms with Crippen LogP contribution in [0.15, 0.2) is 77.7 Å². The van der Waals surface area contributed by atoms with E-state index in [4.69, 9.17) is 11.6 Å². The summed E-state index contributed by atoms with van der Waals surface area (Å²) < 4.78 is 72.0. The van der Waals surface area contributed by atoms with Crippen molar-refractivity contribution in [2.75, 3.05) is 23.3 Å². The average Bonchev–Trinajstić information content (AvgIpc) is 2.82. The molecule has 3 aromatic carbocycles. The van der Waals surface area contributed by atoms with Crippen LogP contribution in [-0.2, 0) is 25.7 Å². The first-order chi connectivity index (χ1) is 16.4. The molecular formula is C23H18ClF3N2O5S. The predicted octanol–water partition coefficient (Wildman–Crippen LogP) is 4.98. The molecule has 0 heterocycles. The van der Waals surface area contributed by atoms with Crippen LogP contribution in [0.2, 0.25) is 5.02 Å². The molecule has 0 aliphatic heterocycles. The van der Waals surface area contributed by atoms with Gasteiger partial charge in [0, 0.05) is 0 Å². The van der Waals surface area contributed by atoms with Gasteiger partial charge >= 0.3 is 12.1 Å². The Hall–Kier alpha value is -3.57. The number of carbonyl (C=O) groups excluding carboxylic acids is 2. The number of para-hydroxylation sites is 1. The molecule has 0 aromatic heterocycles. The number of methoxy groups -OCH3 is 1. The van der Waals surface area contributed by atoms with Crippen LogP contribution in [0.4, 0.5) is 24.5 Å². The number of nitrogens with zero attached hydrogens (tertiary/aromatic N) is 1. The van der Waals surface area contributed by atoms with Gasteiger partial charge in [-0.15, -0.1) is 0 Å². The Labute approximate surface area is 204 Å². The third kappa shape index (κ3) is 5.92. The summed E-state index contributed by atoms with van der Waals surface area (Å²) in [4.78, 5) is 24.6. The Morgan fingerprint density at radius 1 is 1.00 bits per heavy atom. The van der Waals surface area contributed by atoms with Crippen molar-refractivity contribution in [1.82, 2.24) is 0 Å². The number of alkyl halides is 3. The number of hydrogen-bond acceptors (Lipinski definition) is 5. The van der Waals surface area contributed by atoms with Crippen molar-refractivity contribution in [3.05, 3.63) is 88.9 Å². The van der Waals surface area contributed by atoms with Crippen LogP contribution >= 0.6 is 11.6 Å². The Bertz CT molecular complexity index is 1350. The van der Waals surface area contributed by atoms with E-state index in [1.165, 1.54) is 48.5 Å². The molecule has 0 atom stereocenters. The summed E-state index contributed by atoms with van der Waals surface area (Å²) >= 11 is 6.10. The first-order valence-electron chi connectivity index (χ1n) is 9.87. The van der Waals surface area contributed by atoms with Gasteiger partial charge in [-0.05, 0) is 42.5 Å². The largest absolute Gasteiger partial charge is 0.465 e. The predicted molar refractivity (Wildman–Crippen MR) is 124 cm³/mol. The van der Waals surface area contributed by atoms with Gasteiger partial charge in [0.25, 0.3) is 10.0 Å². The summed E-state index contributed by atoms with van der Waals surface area (Å²) in [6.45, 7) is -0.937. The van der Waals surface area contributed by atoms with E-state index in [0.717, 1.165) is 13.2 Å². The van der Waals surface area contributed by atoms with Gasteiger partial charge in [0.15, 0.2) is 0 Å². The molecule has 0 radical (unpaired) electrons. The molecule has 0 bridgehead atoms. The molecule has 0 fully saturated rings. The van der Waals surface area contributed by atoms with Gasteiger partial charge in [-0.25, -0.2) is 13.2 Å².